The van der Waals surface area contributed by atoms with Gasteiger partial charge in [0.25, 0.3) is 0 Å². The molecule has 2 aromatic heterocycles. The van der Waals surface area contributed by atoms with Gasteiger partial charge in [-0.1, -0.05) is 11.6 Å². The molecule has 0 saturated carbocycles. The first-order chi connectivity index (χ1) is 12.3. The number of methoxy groups -OCH3 is 1. The number of fused-ring (bicyclic) bond motifs is 1. The Hall–Kier alpha value is -2.06. The highest BCUT2D eigenvalue weighted by molar-refractivity contribution is 6.33. The summed E-state index contributed by atoms with van der Waals surface area (Å²) in [6.07, 6.45) is 1.09. The van der Waals surface area contributed by atoms with E-state index in [1.165, 1.54) is 6.33 Å². The minimum atomic E-state index is -0.506. The van der Waals surface area contributed by atoms with Crippen molar-refractivity contribution >= 4 is 47.0 Å². The number of piperazine rings is 1. The molecule has 0 aromatic carbocycles. The van der Waals surface area contributed by atoms with Crippen LogP contribution in [0.3, 0.4) is 0 Å². The standard InChI is InChI=1S/C17H22ClN5O3.ClH/c1-17(2,3)26-16(24)23-7-5-22(6-8-23)15-12(25-4)9-11-13(21-15)14(18)20-10-19-11;/h9-10H,5-8H2,1-4H3;1H. The summed E-state index contributed by atoms with van der Waals surface area (Å²) >= 11 is 6.15. The summed E-state index contributed by atoms with van der Waals surface area (Å²) in [5.41, 5.74) is 0.645. The van der Waals surface area contributed by atoms with Crippen molar-refractivity contribution in [3.8, 4) is 5.75 Å². The monoisotopic (exact) mass is 415 g/mol. The maximum atomic E-state index is 12.2. The predicted molar refractivity (Wildman–Crippen MR) is 106 cm³/mol. The lowest BCUT2D eigenvalue weighted by Gasteiger charge is -2.36. The molecule has 1 aliphatic rings. The van der Waals surface area contributed by atoms with Crippen LogP contribution < -0.4 is 9.64 Å². The van der Waals surface area contributed by atoms with Gasteiger partial charge in [0, 0.05) is 32.2 Å². The molecule has 8 nitrogen and oxygen atoms in total. The lowest BCUT2D eigenvalue weighted by Crippen LogP contribution is -2.50. The Balaban J connectivity index is 0.00000261. The number of pyridine rings is 1. The zero-order chi connectivity index (χ0) is 18.9. The zero-order valence-electron chi connectivity index (χ0n) is 15.7. The summed E-state index contributed by atoms with van der Waals surface area (Å²) in [5, 5.41) is 0.297. The van der Waals surface area contributed by atoms with Gasteiger partial charge in [-0.25, -0.2) is 19.7 Å². The molecule has 148 valence electrons. The van der Waals surface area contributed by atoms with E-state index in [1.54, 1.807) is 18.1 Å². The lowest BCUT2D eigenvalue weighted by atomic mass is 10.2. The number of nitrogens with zero attached hydrogens (tertiary/aromatic N) is 5. The molecule has 0 aliphatic carbocycles. The van der Waals surface area contributed by atoms with E-state index in [1.807, 2.05) is 20.8 Å². The predicted octanol–water partition coefficient (Wildman–Crippen LogP) is 3.17. The van der Waals surface area contributed by atoms with Gasteiger partial charge in [0.05, 0.1) is 12.6 Å². The third kappa shape index (κ3) is 4.81. The Morgan fingerprint density at radius 1 is 1.19 bits per heavy atom. The minimum absolute atomic E-state index is 0. The number of halogens is 2. The van der Waals surface area contributed by atoms with Gasteiger partial charge in [-0.15, -0.1) is 12.4 Å². The van der Waals surface area contributed by atoms with E-state index >= 15 is 0 Å². The van der Waals surface area contributed by atoms with E-state index in [4.69, 9.17) is 21.1 Å². The second kappa shape index (κ2) is 8.31. The fraction of sp³-hybridized carbons (Fsp3) is 0.529. The maximum absolute atomic E-state index is 12.2. The van der Waals surface area contributed by atoms with E-state index in [-0.39, 0.29) is 18.5 Å². The first-order valence-corrected chi connectivity index (χ1v) is 8.74. The molecular formula is C17H23Cl2N5O3. The van der Waals surface area contributed by atoms with Crippen molar-refractivity contribution in [1.82, 2.24) is 19.9 Å². The lowest BCUT2D eigenvalue weighted by molar-refractivity contribution is 0.0240. The normalized spacial score (nSPS) is 14.7. The SMILES string of the molecule is COc1cc2ncnc(Cl)c2nc1N1CCN(C(=O)OC(C)(C)C)CC1.Cl. The molecule has 0 spiro atoms. The highest BCUT2D eigenvalue weighted by Gasteiger charge is 2.27. The van der Waals surface area contributed by atoms with Crippen LogP contribution in [0.4, 0.5) is 10.6 Å². The van der Waals surface area contributed by atoms with Crippen LogP contribution in [0, 0.1) is 0 Å². The van der Waals surface area contributed by atoms with Crippen LogP contribution in [0.15, 0.2) is 12.4 Å². The van der Waals surface area contributed by atoms with Crippen LogP contribution in [0.2, 0.25) is 5.15 Å². The molecule has 3 rings (SSSR count). The second-order valence-electron chi connectivity index (χ2n) is 7.00. The molecule has 1 fully saturated rings. The third-order valence-electron chi connectivity index (χ3n) is 3.96. The average Bonchev–Trinajstić information content (AvgIpc) is 2.60. The number of rotatable bonds is 2. The number of hydrogen-bond donors (Lipinski definition) is 0. The van der Waals surface area contributed by atoms with Gasteiger partial charge < -0.3 is 19.3 Å². The number of hydrogen-bond acceptors (Lipinski definition) is 7. The van der Waals surface area contributed by atoms with Gasteiger partial charge >= 0.3 is 6.09 Å². The molecule has 3 heterocycles. The fourth-order valence-electron chi connectivity index (χ4n) is 2.73. The van der Waals surface area contributed by atoms with E-state index in [0.717, 1.165) is 0 Å². The molecule has 2 aromatic rings. The summed E-state index contributed by atoms with van der Waals surface area (Å²) in [6.45, 7) is 7.87. The van der Waals surface area contributed by atoms with E-state index in [0.29, 0.717) is 53.9 Å². The largest absolute Gasteiger partial charge is 0.493 e. The Bertz CT molecular complexity index is 820. The van der Waals surface area contributed by atoms with E-state index in [2.05, 4.69) is 19.9 Å². The highest BCUT2D eigenvalue weighted by atomic mass is 35.5. The van der Waals surface area contributed by atoms with Crippen molar-refractivity contribution < 1.29 is 14.3 Å². The quantitative estimate of drug-likeness (QED) is 0.696. The van der Waals surface area contributed by atoms with Gasteiger partial charge in [0.15, 0.2) is 16.7 Å². The molecule has 27 heavy (non-hydrogen) atoms. The number of ether oxygens (including phenoxy) is 2. The van der Waals surface area contributed by atoms with Crippen molar-refractivity contribution in [2.75, 3.05) is 38.2 Å². The minimum Gasteiger partial charge on any atom is -0.493 e. The smallest absolute Gasteiger partial charge is 0.410 e. The Labute approximate surface area is 169 Å². The maximum Gasteiger partial charge on any atom is 0.410 e. The zero-order valence-corrected chi connectivity index (χ0v) is 17.3. The number of carbonyl (C=O) groups excluding carboxylic acids is 1. The van der Waals surface area contributed by atoms with Crippen LogP contribution in [-0.2, 0) is 4.74 Å². The van der Waals surface area contributed by atoms with Gasteiger partial charge in [0.2, 0.25) is 0 Å². The van der Waals surface area contributed by atoms with E-state index in [9.17, 15) is 4.79 Å². The van der Waals surface area contributed by atoms with Crippen molar-refractivity contribution in [2.45, 2.75) is 26.4 Å². The summed E-state index contributed by atoms with van der Waals surface area (Å²) in [6, 6.07) is 1.80. The van der Waals surface area contributed by atoms with Crippen LogP contribution >= 0.6 is 24.0 Å². The first-order valence-electron chi connectivity index (χ1n) is 8.36. The Kier molecular flexibility index (Phi) is 6.54. The second-order valence-corrected chi connectivity index (χ2v) is 7.36. The summed E-state index contributed by atoms with van der Waals surface area (Å²) in [7, 11) is 1.59. The summed E-state index contributed by atoms with van der Waals surface area (Å²) < 4.78 is 10.9. The average molecular weight is 416 g/mol. The highest BCUT2D eigenvalue weighted by Crippen LogP contribution is 2.31. The Morgan fingerprint density at radius 3 is 2.44 bits per heavy atom. The topological polar surface area (TPSA) is 80.7 Å². The number of carbonyl (C=O) groups is 1. The molecule has 0 bridgehead atoms. The fourth-order valence-corrected chi connectivity index (χ4v) is 2.92. The van der Waals surface area contributed by atoms with Gasteiger partial charge in [0.1, 0.15) is 17.4 Å². The molecule has 10 heteroatoms. The summed E-state index contributed by atoms with van der Waals surface area (Å²) in [4.78, 5) is 28.7. The van der Waals surface area contributed by atoms with Crippen LogP contribution in [0.1, 0.15) is 20.8 Å². The van der Waals surface area contributed by atoms with Gasteiger partial charge in [-0.05, 0) is 20.8 Å². The van der Waals surface area contributed by atoms with Crippen molar-refractivity contribution in [2.24, 2.45) is 0 Å². The molecule has 1 saturated heterocycles. The third-order valence-corrected chi connectivity index (χ3v) is 4.24. The molecule has 0 unspecified atom stereocenters. The van der Waals surface area contributed by atoms with E-state index < -0.39 is 5.60 Å². The van der Waals surface area contributed by atoms with Gasteiger partial charge in [-0.2, -0.15) is 0 Å². The van der Waals surface area contributed by atoms with Crippen molar-refractivity contribution in [1.29, 1.82) is 0 Å². The van der Waals surface area contributed by atoms with Crippen molar-refractivity contribution in [3.05, 3.63) is 17.5 Å². The Morgan fingerprint density at radius 2 is 1.85 bits per heavy atom. The molecule has 0 radical (unpaired) electrons. The van der Waals surface area contributed by atoms with Crippen LogP contribution in [0.5, 0.6) is 5.75 Å². The number of amides is 1. The summed E-state index contributed by atoms with van der Waals surface area (Å²) in [5.74, 6) is 1.28. The molecular weight excluding hydrogens is 393 g/mol. The molecule has 0 atom stereocenters. The molecule has 0 N–H and O–H groups in total. The van der Waals surface area contributed by atoms with Gasteiger partial charge in [-0.3, -0.25) is 0 Å². The molecule has 1 amide bonds. The van der Waals surface area contributed by atoms with Crippen molar-refractivity contribution in [3.63, 3.8) is 0 Å². The van der Waals surface area contributed by atoms with Crippen LogP contribution in [-0.4, -0.2) is 64.8 Å². The number of anilines is 1. The molecule has 1 aliphatic heterocycles. The number of aromatic nitrogens is 3. The first kappa shape index (κ1) is 21.2. The van der Waals surface area contributed by atoms with Crippen LogP contribution in [0.25, 0.3) is 11.0 Å².